The van der Waals surface area contributed by atoms with Gasteiger partial charge >= 0.3 is 0 Å². The van der Waals surface area contributed by atoms with Crippen molar-refractivity contribution in [2.45, 2.75) is 33.4 Å². The molecule has 0 aromatic heterocycles. The van der Waals surface area contributed by atoms with Gasteiger partial charge in [0.2, 0.25) is 5.91 Å². The van der Waals surface area contributed by atoms with E-state index in [1.54, 1.807) is 12.1 Å². The number of anilines is 1. The third kappa shape index (κ3) is 4.07. The Morgan fingerprint density at radius 2 is 1.82 bits per heavy atom. The van der Waals surface area contributed by atoms with Gasteiger partial charge < -0.3 is 10.6 Å². The summed E-state index contributed by atoms with van der Waals surface area (Å²) in [5, 5.41) is 6.07. The van der Waals surface area contributed by atoms with Crippen LogP contribution in [0.3, 0.4) is 0 Å². The van der Waals surface area contributed by atoms with Gasteiger partial charge in [0.1, 0.15) is 11.9 Å². The normalized spacial score (nSPS) is 11.8. The Labute approximate surface area is 130 Å². The maximum atomic E-state index is 12.8. The van der Waals surface area contributed by atoms with Gasteiger partial charge in [0.05, 0.1) is 0 Å². The van der Waals surface area contributed by atoms with Crippen molar-refractivity contribution in [2.75, 3.05) is 5.32 Å². The number of hydrogen-bond donors (Lipinski definition) is 2. The van der Waals surface area contributed by atoms with Crippen LogP contribution in [0.5, 0.6) is 0 Å². The predicted molar refractivity (Wildman–Crippen MR) is 87.2 cm³/mol. The molecule has 4 heteroatoms. The topological polar surface area (TPSA) is 41.1 Å². The zero-order valence-corrected chi connectivity index (χ0v) is 13.1. The van der Waals surface area contributed by atoms with Gasteiger partial charge in [0.25, 0.3) is 0 Å². The van der Waals surface area contributed by atoms with Crippen LogP contribution in [0, 0.1) is 19.7 Å². The molecule has 2 aromatic carbocycles. The van der Waals surface area contributed by atoms with E-state index < -0.39 is 0 Å². The first kappa shape index (κ1) is 16.0. The minimum absolute atomic E-state index is 0.0924. The number of halogens is 1. The molecule has 0 heterocycles. The van der Waals surface area contributed by atoms with Gasteiger partial charge in [-0.15, -0.1) is 0 Å². The SMILES string of the molecule is Cc1cccc(NC(C)C(=O)NCc2ccc(F)cc2)c1C. The summed E-state index contributed by atoms with van der Waals surface area (Å²) in [6, 6.07) is 11.7. The van der Waals surface area contributed by atoms with Gasteiger partial charge in [-0.2, -0.15) is 0 Å². The van der Waals surface area contributed by atoms with Gasteiger partial charge in [0, 0.05) is 12.2 Å². The summed E-state index contributed by atoms with van der Waals surface area (Å²) in [5.41, 5.74) is 4.16. The number of aryl methyl sites for hydroxylation is 1. The van der Waals surface area contributed by atoms with Crippen LogP contribution >= 0.6 is 0 Å². The zero-order valence-electron chi connectivity index (χ0n) is 13.1. The summed E-state index contributed by atoms with van der Waals surface area (Å²) < 4.78 is 12.8. The first-order valence-electron chi connectivity index (χ1n) is 7.32. The number of carbonyl (C=O) groups is 1. The fraction of sp³-hybridized carbons (Fsp3) is 0.278. The smallest absolute Gasteiger partial charge is 0.242 e. The Morgan fingerprint density at radius 3 is 2.50 bits per heavy atom. The van der Waals surface area contributed by atoms with E-state index in [4.69, 9.17) is 0 Å². The van der Waals surface area contributed by atoms with Crippen molar-refractivity contribution < 1.29 is 9.18 Å². The second-order valence-electron chi connectivity index (χ2n) is 5.46. The van der Waals surface area contributed by atoms with Crippen molar-refractivity contribution in [3.05, 3.63) is 65.0 Å². The van der Waals surface area contributed by atoms with Crippen molar-refractivity contribution in [1.82, 2.24) is 5.32 Å². The number of hydrogen-bond acceptors (Lipinski definition) is 2. The standard InChI is InChI=1S/C18H21FN2O/c1-12-5-4-6-17(13(12)2)21-14(3)18(22)20-11-15-7-9-16(19)10-8-15/h4-10,14,21H,11H2,1-3H3,(H,20,22). The first-order chi connectivity index (χ1) is 10.5. The van der Waals surface area contributed by atoms with E-state index in [0.29, 0.717) is 6.54 Å². The molecular formula is C18H21FN2O. The average Bonchev–Trinajstić information content (AvgIpc) is 2.51. The van der Waals surface area contributed by atoms with Crippen LogP contribution in [-0.4, -0.2) is 11.9 Å². The molecule has 22 heavy (non-hydrogen) atoms. The second kappa shape index (κ2) is 7.07. The molecule has 1 atom stereocenters. The van der Waals surface area contributed by atoms with Crippen LogP contribution in [0.2, 0.25) is 0 Å². The zero-order chi connectivity index (χ0) is 16.1. The van der Waals surface area contributed by atoms with Gasteiger partial charge in [-0.3, -0.25) is 4.79 Å². The lowest BCUT2D eigenvalue weighted by Crippen LogP contribution is -2.37. The monoisotopic (exact) mass is 300 g/mol. The molecule has 0 saturated carbocycles. The van der Waals surface area contributed by atoms with Gasteiger partial charge in [0.15, 0.2) is 0 Å². The summed E-state index contributed by atoms with van der Waals surface area (Å²) in [6.07, 6.45) is 0. The summed E-state index contributed by atoms with van der Waals surface area (Å²) in [4.78, 5) is 12.1. The van der Waals surface area contributed by atoms with Gasteiger partial charge in [-0.25, -0.2) is 4.39 Å². The maximum Gasteiger partial charge on any atom is 0.242 e. The van der Waals surface area contributed by atoms with Crippen molar-refractivity contribution in [3.63, 3.8) is 0 Å². The van der Waals surface area contributed by atoms with Crippen LogP contribution in [0.1, 0.15) is 23.6 Å². The fourth-order valence-corrected chi connectivity index (χ4v) is 2.15. The summed E-state index contributed by atoms with van der Waals surface area (Å²) in [7, 11) is 0. The van der Waals surface area contributed by atoms with Gasteiger partial charge in [-0.1, -0.05) is 24.3 Å². The highest BCUT2D eigenvalue weighted by Crippen LogP contribution is 2.18. The molecular weight excluding hydrogens is 279 g/mol. The molecule has 116 valence electrons. The highest BCUT2D eigenvalue weighted by molar-refractivity contribution is 5.84. The highest BCUT2D eigenvalue weighted by atomic mass is 19.1. The Bertz CT molecular complexity index is 653. The van der Waals surface area contributed by atoms with E-state index in [9.17, 15) is 9.18 Å². The Morgan fingerprint density at radius 1 is 1.14 bits per heavy atom. The van der Waals surface area contributed by atoms with Crippen molar-refractivity contribution >= 4 is 11.6 Å². The molecule has 0 radical (unpaired) electrons. The van der Waals surface area contributed by atoms with Crippen LogP contribution < -0.4 is 10.6 Å². The Balaban J connectivity index is 1.92. The maximum absolute atomic E-state index is 12.8. The van der Waals surface area contributed by atoms with Gasteiger partial charge in [-0.05, 0) is 55.7 Å². The van der Waals surface area contributed by atoms with Crippen LogP contribution in [0.15, 0.2) is 42.5 Å². The molecule has 2 N–H and O–H groups in total. The minimum Gasteiger partial charge on any atom is -0.374 e. The molecule has 2 aromatic rings. The molecule has 2 rings (SSSR count). The van der Waals surface area contributed by atoms with E-state index in [2.05, 4.69) is 10.6 Å². The summed E-state index contributed by atoms with van der Waals surface area (Å²) in [6.45, 7) is 6.28. The van der Waals surface area contributed by atoms with E-state index in [1.807, 2.05) is 39.0 Å². The first-order valence-corrected chi connectivity index (χ1v) is 7.32. The lowest BCUT2D eigenvalue weighted by atomic mass is 10.1. The molecule has 0 aliphatic rings. The number of nitrogens with one attached hydrogen (secondary N) is 2. The van der Waals surface area contributed by atoms with Crippen molar-refractivity contribution in [3.8, 4) is 0 Å². The van der Waals surface area contributed by atoms with Crippen LogP contribution in [0.4, 0.5) is 10.1 Å². The van der Waals surface area contributed by atoms with Crippen molar-refractivity contribution in [2.24, 2.45) is 0 Å². The minimum atomic E-state index is -0.346. The predicted octanol–water partition coefficient (Wildman–Crippen LogP) is 3.56. The summed E-state index contributed by atoms with van der Waals surface area (Å²) >= 11 is 0. The number of benzene rings is 2. The molecule has 0 aliphatic heterocycles. The average molecular weight is 300 g/mol. The highest BCUT2D eigenvalue weighted by Gasteiger charge is 2.13. The van der Waals surface area contributed by atoms with E-state index in [-0.39, 0.29) is 17.8 Å². The third-order valence-electron chi connectivity index (χ3n) is 3.75. The Hall–Kier alpha value is -2.36. The molecule has 0 saturated heterocycles. The second-order valence-corrected chi connectivity index (χ2v) is 5.46. The quantitative estimate of drug-likeness (QED) is 0.886. The lowest BCUT2D eigenvalue weighted by molar-refractivity contribution is -0.121. The fourth-order valence-electron chi connectivity index (χ4n) is 2.15. The van der Waals surface area contributed by atoms with Crippen LogP contribution in [-0.2, 0) is 11.3 Å². The molecule has 0 spiro atoms. The van der Waals surface area contributed by atoms with E-state index in [0.717, 1.165) is 16.8 Å². The summed E-state index contributed by atoms with van der Waals surface area (Å²) in [5.74, 6) is -0.370. The largest absolute Gasteiger partial charge is 0.374 e. The molecule has 1 amide bonds. The number of amides is 1. The molecule has 0 fully saturated rings. The Kier molecular flexibility index (Phi) is 5.15. The van der Waals surface area contributed by atoms with E-state index in [1.165, 1.54) is 17.7 Å². The molecule has 1 unspecified atom stereocenters. The number of rotatable bonds is 5. The molecule has 0 bridgehead atoms. The van der Waals surface area contributed by atoms with Crippen LogP contribution in [0.25, 0.3) is 0 Å². The molecule has 3 nitrogen and oxygen atoms in total. The lowest BCUT2D eigenvalue weighted by Gasteiger charge is -2.17. The third-order valence-corrected chi connectivity index (χ3v) is 3.75. The number of carbonyl (C=O) groups excluding carboxylic acids is 1. The van der Waals surface area contributed by atoms with Crippen molar-refractivity contribution in [1.29, 1.82) is 0 Å². The van der Waals surface area contributed by atoms with E-state index >= 15 is 0 Å². The molecule has 0 aliphatic carbocycles.